The van der Waals surface area contributed by atoms with Crippen molar-refractivity contribution in [3.8, 4) is 0 Å². The minimum absolute atomic E-state index is 0.217. The van der Waals surface area contributed by atoms with Crippen LogP contribution >= 0.6 is 11.6 Å². The molecule has 1 saturated carbocycles. The van der Waals surface area contributed by atoms with Gasteiger partial charge in [-0.15, -0.1) is 0 Å². The van der Waals surface area contributed by atoms with E-state index in [1.165, 1.54) is 7.11 Å². The predicted molar refractivity (Wildman–Crippen MR) is 39.5 cm³/mol. The maximum Gasteiger partial charge on any atom is 0.334 e. The summed E-state index contributed by atoms with van der Waals surface area (Å²) in [6, 6.07) is 0. The highest BCUT2D eigenvalue weighted by Crippen LogP contribution is 2.33. The molecule has 1 atom stereocenters. The molecule has 3 nitrogen and oxygen atoms in total. The van der Waals surface area contributed by atoms with Crippen molar-refractivity contribution in [2.45, 2.75) is 24.1 Å². The number of halogens is 1. The number of carbonyl (C=O) groups is 2. The van der Waals surface area contributed by atoms with E-state index in [-0.39, 0.29) is 5.78 Å². The van der Waals surface area contributed by atoms with Gasteiger partial charge in [-0.05, 0) is 12.8 Å². The number of ether oxygens (including phenoxy) is 1. The summed E-state index contributed by atoms with van der Waals surface area (Å²) in [5.41, 5.74) is 0. The summed E-state index contributed by atoms with van der Waals surface area (Å²) in [5, 5.41) is 0. The first-order chi connectivity index (χ1) is 5.11. The molecule has 0 heterocycles. The van der Waals surface area contributed by atoms with Gasteiger partial charge in [0.05, 0.1) is 7.11 Å². The molecule has 0 bridgehead atoms. The predicted octanol–water partition coefficient (Wildman–Crippen LogP) is 0.890. The van der Waals surface area contributed by atoms with Crippen LogP contribution < -0.4 is 0 Å². The molecule has 0 unspecified atom stereocenters. The molecule has 0 spiro atoms. The highest BCUT2D eigenvalue weighted by Gasteiger charge is 2.47. The van der Waals surface area contributed by atoms with Gasteiger partial charge in [0.15, 0.2) is 10.7 Å². The zero-order chi connectivity index (χ0) is 8.48. The first kappa shape index (κ1) is 8.53. The van der Waals surface area contributed by atoms with Crippen molar-refractivity contribution in [3.05, 3.63) is 0 Å². The molecular formula is C7H9ClO3. The summed E-state index contributed by atoms with van der Waals surface area (Å²) in [4.78, 5) is 20.7. The SMILES string of the molecule is COC(=O)[C@@]1(Cl)CCCC1=O. The van der Waals surface area contributed by atoms with E-state index in [1.807, 2.05) is 0 Å². The maximum absolute atomic E-state index is 11.1. The monoisotopic (exact) mass is 176 g/mol. The van der Waals surface area contributed by atoms with Gasteiger partial charge in [0.1, 0.15) is 0 Å². The lowest BCUT2D eigenvalue weighted by Crippen LogP contribution is -2.37. The van der Waals surface area contributed by atoms with E-state index in [4.69, 9.17) is 11.6 Å². The summed E-state index contributed by atoms with van der Waals surface area (Å²) < 4.78 is 4.42. The van der Waals surface area contributed by atoms with E-state index in [1.54, 1.807) is 0 Å². The topological polar surface area (TPSA) is 43.4 Å². The molecule has 0 aromatic heterocycles. The number of methoxy groups -OCH3 is 1. The zero-order valence-electron chi connectivity index (χ0n) is 6.22. The van der Waals surface area contributed by atoms with E-state index < -0.39 is 10.8 Å². The van der Waals surface area contributed by atoms with E-state index in [0.717, 1.165) is 0 Å². The van der Waals surface area contributed by atoms with E-state index in [9.17, 15) is 9.59 Å². The highest BCUT2D eigenvalue weighted by atomic mass is 35.5. The van der Waals surface area contributed by atoms with Gasteiger partial charge in [0.2, 0.25) is 0 Å². The van der Waals surface area contributed by atoms with Crippen LogP contribution in [0, 0.1) is 0 Å². The van der Waals surface area contributed by atoms with Crippen LogP contribution in [0.4, 0.5) is 0 Å². The first-order valence-electron chi connectivity index (χ1n) is 3.42. The summed E-state index contributed by atoms with van der Waals surface area (Å²) in [6.07, 6.45) is 1.47. The van der Waals surface area contributed by atoms with Gasteiger partial charge in [0.25, 0.3) is 0 Å². The van der Waals surface area contributed by atoms with Crippen LogP contribution in [0.25, 0.3) is 0 Å². The number of rotatable bonds is 1. The van der Waals surface area contributed by atoms with Gasteiger partial charge < -0.3 is 4.74 Å². The molecule has 0 radical (unpaired) electrons. The van der Waals surface area contributed by atoms with Crippen LogP contribution in [0.15, 0.2) is 0 Å². The molecule has 1 aliphatic carbocycles. The lowest BCUT2D eigenvalue weighted by Gasteiger charge is -2.14. The summed E-state index contributed by atoms with van der Waals surface area (Å²) in [5.74, 6) is -0.840. The number of alkyl halides is 1. The fourth-order valence-electron chi connectivity index (χ4n) is 1.21. The molecule has 11 heavy (non-hydrogen) atoms. The van der Waals surface area contributed by atoms with E-state index in [0.29, 0.717) is 19.3 Å². The smallest absolute Gasteiger partial charge is 0.334 e. The second kappa shape index (κ2) is 2.81. The molecule has 0 saturated heterocycles. The molecule has 0 aromatic rings. The van der Waals surface area contributed by atoms with Gasteiger partial charge in [-0.25, -0.2) is 4.79 Å². The van der Waals surface area contributed by atoms with Crippen LogP contribution in [0.1, 0.15) is 19.3 Å². The first-order valence-corrected chi connectivity index (χ1v) is 3.79. The number of ketones is 1. The number of hydrogen-bond acceptors (Lipinski definition) is 3. The van der Waals surface area contributed by atoms with Gasteiger partial charge in [-0.1, -0.05) is 11.6 Å². The summed E-state index contributed by atoms with van der Waals surface area (Å²) >= 11 is 5.75. The fraction of sp³-hybridized carbons (Fsp3) is 0.714. The van der Waals surface area contributed by atoms with E-state index in [2.05, 4.69) is 4.74 Å². The molecular weight excluding hydrogens is 168 g/mol. The molecule has 0 aliphatic heterocycles. The minimum Gasteiger partial charge on any atom is -0.467 e. The Kier molecular flexibility index (Phi) is 2.18. The second-order valence-electron chi connectivity index (χ2n) is 2.57. The molecule has 62 valence electrons. The number of Topliss-reactive ketones (excluding diaryl/α,β-unsaturated/α-hetero) is 1. The Morgan fingerprint density at radius 3 is 2.73 bits per heavy atom. The van der Waals surface area contributed by atoms with Crippen molar-refractivity contribution in [1.82, 2.24) is 0 Å². The Morgan fingerprint density at radius 1 is 1.73 bits per heavy atom. The molecule has 1 rings (SSSR count). The Labute approximate surface area is 69.7 Å². The average molecular weight is 177 g/mol. The van der Waals surface area contributed by atoms with Crippen molar-refractivity contribution >= 4 is 23.4 Å². The Balaban J connectivity index is 2.80. The molecule has 0 aromatic carbocycles. The lowest BCUT2D eigenvalue weighted by molar-refractivity contribution is -0.146. The lowest BCUT2D eigenvalue weighted by atomic mass is 10.1. The maximum atomic E-state index is 11.1. The number of carbonyl (C=O) groups excluding carboxylic acids is 2. The van der Waals surface area contributed by atoms with Gasteiger partial charge in [-0.3, -0.25) is 4.79 Å². The Hall–Kier alpha value is -0.570. The minimum atomic E-state index is -1.37. The van der Waals surface area contributed by atoms with Crippen LogP contribution in [0.5, 0.6) is 0 Å². The third-order valence-electron chi connectivity index (χ3n) is 1.88. The standard InChI is InChI=1S/C7H9ClO3/c1-11-6(10)7(8)4-2-3-5(7)9/h2-4H2,1H3/t7-/m1/s1. The van der Waals surface area contributed by atoms with Crippen LogP contribution in [-0.2, 0) is 14.3 Å². The van der Waals surface area contributed by atoms with Crippen molar-refractivity contribution < 1.29 is 14.3 Å². The van der Waals surface area contributed by atoms with E-state index >= 15 is 0 Å². The van der Waals surface area contributed by atoms with Crippen molar-refractivity contribution in [3.63, 3.8) is 0 Å². The normalized spacial score (nSPS) is 30.5. The zero-order valence-corrected chi connectivity index (χ0v) is 6.98. The Morgan fingerprint density at radius 2 is 2.36 bits per heavy atom. The third-order valence-corrected chi connectivity index (χ3v) is 2.43. The van der Waals surface area contributed by atoms with Crippen LogP contribution in [0.3, 0.4) is 0 Å². The highest BCUT2D eigenvalue weighted by molar-refractivity contribution is 6.46. The summed E-state index contributed by atoms with van der Waals surface area (Å²) in [6.45, 7) is 0. The summed E-state index contributed by atoms with van der Waals surface area (Å²) in [7, 11) is 1.23. The van der Waals surface area contributed by atoms with Crippen LogP contribution in [-0.4, -0.2) is 23.7 Å². The van der Waals surface area contributed by atoms with Crippen LogP contribution in [0.2, 0.25) is 0 Å². The van der Waals surface area contributed by atoms with Crippen molar-refractivity contribution in [2.75, 3.05) is 7.11 Å². The van der Waals surface area contributed by atoms with Gasteiger partial charge in [0, 0.05) is 6.42 Å². The second-order valence-corrected chi connectivity index (χ2v) is 3.21. The number of esters is 1. The molecule has 1 aliphatic rings. The van der Waals surface area contributed by atoms with Gasteiger partial charge >= 0.3 is 5.97 Å². The van der Waals surface area contributed by atoms with Gasteiger partial charge in [-0.2, -0.15) is 0 Å². The third kappa shape index (κ3) is 1.25. The van der Waals surface area contributed by atoms with Crippen molar-refractivity contribution in [2.24, 2.45) is 0 Å². The molecule has 4 heteroatoms. The van der Waals surface area contributed by atoms with Crippen molar-refractivity contribution in [1.29, 1.82) is 0 Å². The molecule has 0 amide bonds. The molecule has 0 N–H and O–H groups in total. The molecule has 1 fully saturated rings. The number of hydrogen-bond donors (Lipinski definition) is 0. The Bertz CT molecular complexity index is 202. The largest absolute Gasteiger partial charge is 0.467 e. The fourth-order valence-corrected chi connectivity index (χ4v) is 1.51. The average Bonchev–Trinajstić information content (AvgIpc) is 2.32. The quantitative estimate of drug-likeness (QED) is 0.339.